The summed E-state index contributed by atoms with van der Waals surface area (Å²) in [7, 11) is -3.15. The third-order valence-corrected chi connectivity index (χ3v) is 6.19. The third kappa shape index (κ3) is 4.53. The molecule has 0 unspecified atom stereocenters. The molecule has 0 radical (unpaired) electrons. The summed E-state index contributed by atoms with van der Waals surface area (Å²) >= 11 is 0. The second-order valence-electron chi connectivity index (χ2n) is 5.93. The Kier molecular flexibility index (Phi) is 5.79. The molecule has 4 nitrogen and oxygen atoms in total. The summed E-state index contributed by atoms with van der Waals surface area (Å²) in [5.41, 5.74) is 1.22. The first-order valence-electron chi connectivity index (χ1n) is 7.76. The van der Waals surface area contributed by atoms with Crippen molar-refractivity contribution in [3.63, 3.8) is 0 Å². The van der Waals surface area contributed by atoms with Gasteiger partial charge in [-0.05, 0) is 50.9 Å². The Labute approximate surface area is 128 Å². The second kappa shape index (κ2) is 7.38. The van der Waals surface area contributed by atoms with Gasteiger partial charge in [0.1, 0.15) is 0 Å². The number of benzene rings is 1. The minimum Gasteiger partial charge on any atom is -0.314 e. The van der Waals surface area contributed by atoms with Gasteiger partial charge in [0, 0.05) is 26.2 Å². The van der Waals surface area contributed by atoms with Gasteiger partial charge in [-0.25, -0.2) is 8.42 Å². The van der Waals surface area contributed by atoms with E-state index in [0.717, 1.165) is 45.6 Å². The van der Waals surface area contributed by atoms with E-state index in [1.807, 2.05) is 12.1 Å². The molecule has 0 saturated carbocycles. The van der Waals surface area contributed by atoms with Gasteiger partial charge in [0.05, 0.1) is 10.1 Å². The van der Waals surface area contributed by atoms with E-state index < -0.39 is 9.84 Å². The van der Waals surface area contributed by atoms with Crippen LogP contribution in [0.4, 0.5) is 0 Å². The average molecular weight is 310 g/mol. The van der Waals surface area contributed by atoms with E-state index in [1.54, 1.807) is 26.0 Å². The first-order valence-corrected chi connectivity index (χ1v) is 9.30. The van der Waals surface area contributed by atoms with Gasteiger partial charge < -0.3 is 10.2 Å². The Balaban J connectivity index is 1.85. The van der Waals surface area contributed by atoms with Crippen LogP contribution in [0.15, 0.2) is 29.2 Å². The SMILES string of the molecule is CC(C)S(=O)(=O)c1ccc(CCCN2CCNCC2)cc1. The van der Waals surface area contributed by atoms with E-state index in [2.05, 4.69) is 10.2 Å². The predicted octanol–water partition coefficient (Wildman–Crippen LogP) is 1.71. The molecule has 1 heterocycles. The van der Waals surface area contributed by atoms with Gasteiger partial charge >= 0.3 is 0 Å². The van der Waals surface area contributed by atoms with E-state index in [4.69, 9.17) is 0 Å². The summed E-state index contributed by atoms with van der Waals surface area (Å²) in [5, 5.41) is 2.99. The van der Waals surface area contributed by atoms with Crippen molar-refractivity contribution in [1.29, 1.82) is 0 Å². The fraction of sp³-hybridized carbons (Fsp3) is 0.625. The molecule has 0 aliphatic carbocycles. The zero-order valence-electron chi connectivity index (χ0n) is 13.0. The zero-order valence-corrected chi connectivity index (χ0v) is 13.8. The third-order valence-electron chi connectivity index (χ3n) is 4.02. The number of piperazine rings is 1. The van der Waals surface area contributed by atoms with E-state index in [-0.39, 0.29) is 5.25 Å². The van der Waals surface area contributed by atoms with E-state index in [1.165, 1.54) is 5.56 Å². The van der Waals surface area contributed by atoms with Crippen LogP contribution in [0.2, 0.25) is 0 Å². The Hall–Kier alpha value is -0.910. The summed E-state index contributed by atoms with van der Waals surface area (Å²) in [6, 6.07) is 7.39. The van der Waals surface area contributed by atoms with Crippen molar-refractivity contribution in [3.8, 4) is 0 Å². The van der Waals surface area contributed by atoms with Gasteiger partial charge in [-0.2, -0.15) is 0 Å². The van der Waals surface area contributed by atoms with Crippen LogP contribution >= 0.6 is 0 Å². The Morgan fingerprint density at radius 3 is 2.33 bits per heavy atom. The maximum Gasteiger partial charge on any atom is 0.180 e. The van der Waals surface area contributed by atoms with Crippen molar-refractivity contribution in [2.45, 2.75) is 36.8 Å². The molecule has 1 aliphatic rings. The zero-order chi connectivity index (χ0) is 15.3. The minimum absolute atomic E-state index is 0.365. The molecule has 0 bridgehead atoms. The lowest BCUT2D eigenvalue weighted by atomic mass is 10.1. The molecule has 21 heavy (non-hydrogen) atoms. The molecule has 118 valence electrons. The Morgan fingerprint density at radius 1 is 1.14 bits per heavy atom. The topological polar surface area (TPSA) is 49.4 Å². The van der Waals surface area contributed by atoms with Crippen LogP contribution in [0.25, 0.3) is 0 Å². The van der Waals surface area contributed by atoms with Crippen LogP contribution in [0, 0.1) is 0 Å². The van der Waals surface area contributed by atoms with Crippen molar-refractivity contribution >= 4 is 9.84 Å². The highest BCUT2D eigenvalue weighted by atomic mass is 32.2. The van der Waals surface area contributed by atoms with Crippen LogP contribution in [0.1, 0.15) is 25.8 Å². The highest BCUT2D eigenvalue weighted by molar-refractivity contribution is 7.92. The molecule has 2 rings (SSSR count). The number of rotatable bonds is 6. The van der Waals surface area contributed by atoms with Gasteiger partial charge in [0.25, 0.3) is 0 Å². The lowest BCUT2D eigenvalue weighted by molar-refractivity contribution is 0.238. The molecule has 1 aromatic carbocycles. The summed E-state index contributed by atoms with van der Waals surface area (Å²) in [5.74, 6) is 0. The fourth-order valence-electron chi connectivity index (χ4n) is 2.56. The van der Waals surface area contributed by atoms with Crippen LogP contribution in [-0.2, 0) is 16.3 Å². The number of hydrogen-bond acceptors (Lipinski definition) is 4. The maximum atomic E-state index is 12.1. The maximum absolute atomic E-state index is 12.1. The largest absolute Gasteiger partial charge is 0.314 e. The quantitative estimate of drug-likeness (QED) is 0.869. The minimum atomic E-state index is -3.15. The molecular formula is C16H26N2O2S. The van der Waals surface area contributed by atoms with E-state index in [0.29, 0.717) is 4.90 Å². The van der Waals surface area contributed by atoms with Gasteiger partial charge in [0.2, 0.25) is 0 Å². The number of hydrogen-bond donors (Lipinski definition) is 1. The number of nitrogens with one attached hydrogen (secondary N) is 1. The van der Waals surface area contributed by atoms with Crippen LogP contribution in [-0.4, -0.2) is 51.3 Å². The Bertz CT molecular complexity index is 532. The molecule has 0 atom stereocenters. The molecule has 0 spiro atoms. The van der Waals surface area contributed by atoms with Crippen molar-refractivity contribution in [2.75, 3.05) is 32.7 Å². The summed E-state index contributed by atoms with van der Waals surface area (Å²) in [4.78, 5) is 2.91. The van der Waals surface area contributed by atoms with Crippen LogP contribution in [0.5, 0.6) is 0 Å². The summed E-state index contributed by atoms with van der Waals surface area (Å²) < 4.78 is 24.1. The predicted molar refractivity (Wildman–Crippen MR) is 86.4 cm³/mol. The molecule has 0 aromatic heterocycles. The lowest BCUT2D eigenvalue weighted by Gasteiger charge is -2.27. The number of sulfone groups is 1. The molecule has 1 saturated heterocycles. The molecule has 1 fully saturated rings. The van der Waals surface area contributed by atoms with E-state index >= 15 is 0 Å². The summed E-state index contributed by atoms with van der Waals surface area (Å²) in [6.07, 6.45) is 2.13. The number of nitrogens with zero attached hydrogens (tertiary/aromatic N) is 1. The number of aryl methyl sites for hydroxylation is 1. The van der Waals surface area contributed by atoms with E-state index in [9.17, 15) is 8.42 Å². The molecule has 0 amide bonds. The fourth-order valence-corrected chi connectivity index (χ4v) is 3.62. The van der Waals surface area contributed by atoms with Crippen molar-refractivity contribution in [1.82, 2.24) is 10.2 Å². The molecule has 1 N–H and O–H groups in total. The van der Waals surface area contributed by atoms with Gasteiger partial charge in [-0.3, -0.25) is 0 Å². The van der Waals surface area contributed by atoms with Crippen molar-refractivity contribution in [2.24, 2.45) is 0 Å². The summed E-state index contributed by atoms with van der Waals surface area (Å²) in [6.45, 7) is 8.99. The van der Waals surface area contributed by atoms with Gasteiger partial charge in [-0.15, -0.1) is 0 Å². The standard InChI is InChI=1S/C16H26N2O2S/c1-14(2)21(19,20)16-7-5-15(6-8-16)4-3-11-18-12-9-17-10-13-18/h5-8,14,17H,3-4,9-13H2,1-2H3. The van der Waals surface area contributed by atoms with Crippen molar-refractivity contribution in [3.05, 3.63) is 29.8 Å². The van der Waals surface area contributed by atoms with Crippen LogP contribution in [0.3, 0.4) is 0 Å². The highest BCUT2D eigenvalue weighted by Gasteiger charge is 2.18. The van der Waals surface area contributed by atoms with Gasteiger partial charge in [-0.1, -0.05) is 12.1 Å². The Morgan fingerprint density at radius 2 is 1.76 bits per heavy atom. The second-order valence-corrected chi connectivity index (χ2v) is 8.44. The van der Waals surface area contributed by atoms with Crippen LogP contribution < -0.4 is 5.32 Å². The molecule has 5 heteroatoms. The van der Waals surface area contributed by atoms with Crippen molar-refractivity contribution < 1.29 is 8.42 Å². The first kappa shape index (κ1) is 16.5. The average Bonchev–Trinajstić information content (AvgIpc) is 2.49. The van der Waals surface area contributed by atoms with Gasteiger partial charge in [0.15, 0.2) is 9.84 Å². The molecule has 1 aromatic rings. The normalized spacial score (nSPS) is 17.3. The molecule has 1 aliphatic heterocycles. The highest BCUT2D eigenvalue weighted by Crippen LogP contribution is 2.17. The smallest absolute Gasteiger partial charge is 0.180 e. The lowest BCUT2D eigenvalue weighted by Crippen LogP contribution is -2.43. The molecular weight excluding hydrogens is 284 g/mol. The monoisotopic (exact) mass is 310 g/mol. The first-order chi connectivity index (χ1) is 10.00.